The van der Waals surface area contributed by atoms with Crippen LogP contribution < -0.4 is 10.6 Å². The fourth-order valence-corrected chi connectivity index (χ4v) is 3.84. The number of carboxylic acid groups (broad SMARTS) is 1. The number of anilines is 2. The molecular weight excluding hydrogens is 440 g/mol. The van der Waals surface area contributed by atoms with E-state index >= 15 is 0 Å². The summed E-state index contributed by atoms with van der Waals surface area (Å²) in [4.78, 5) is 48.4. The van der Waals surface area contributed by atoms with Crippen LogP contribution in [0.25, 0.3) is 0 Å². The Bertz CT molecular complexity index is 1190. The van der Waals surface area contributed by atoms with Crippen molar-refractivity contribution in [3.63, 3.8) is 0 Å². The van der Waals surface area contributed by atoms with Gasteiger partial charge in [0.1, 0.15) is 0 Å². The van der Waals surface area contributed by atoms with E-state index in [4.69, 9.17) is 0 Å². The van der Waals surface area contributed by atoms with E-state index in [0.717, 1.165) is 4.90 Å². The van der Waals surface area contributed by atoms with Crippen LogP contribution in [0, 0.1) is 0 Å². The Morgan fingerprint density at radius 2 is 1.33 bits per heavy atom. The maximum Gasteiger partial charge on any atom is 0.336 e. The lowest BCUT2D eigenvalue weighted by atomic mass is 10.1. The summed E-state index contributed by atoms with van der Waals surface area (Å²) in [5.74, 6) is -1.91. The Morgan fingerprint density at radius 1 is 0.788 bits per heavy atom. The molecule has 3 rings (SSSR count). The first-order valence-corrected chi connectivity index (χ1v) is 10.9. The van der Waals surface area contributed by atoms with E-state index < -0.39 is 11.9 Å². The molecule has 0 spiro atoms. The summed E-state index contributed by atoms with van der Waals surface area (Å²) in [5, 5.41) is 14.4. The number of carbonyl (C=O) groups is 4. The first-order valence-electron chi connectivity index (χ1n) is 10.1. The molecule has 8 heteroatoms. The largest absolute Gasteiger partial charge is 0.478 e. The van der Waals surface area contributed by atoms with E-state index in [2.05, 4.69) is 10.6 Å². The lowest BCUT2D eigenvalue weighted by Gasteiger charge is -2.13. The number of carbonyl (C=O) groups excluding carboxylic acids is 3. The highest BCUT2D eigenvalue weighted by molar-refractivity contribution is 8.00. The quantitative estimate of drug-likeness (QED) is 0.322. The van der Waals surface area contributed by atoms with Gasteiger partial charge < -0.3 is 15.7 Å². The first-order chi connectivity index (χ1) is 15.7. The average molecular weight is 463 g/mol. The van der Waals surface area contributed by atoms with Crippen LogP contribution in [0.15, 0.2) is 77.7 Å². The smallest absolute Gasteiger partial charge is 0.336 e. The maximum absolute atomic E-state index is 12.5. The highest BCUT2D eigenvalue weighted by atomic mass is 32.2. The van der Waals surface area contributed by atoms with Gasteiger partial charge in [-0.3, -0.25) is 14.4 Å². The molecule has 3 aromatic carbocycles. The fourth-order valence-electron chi connectivity index (χ4n) is 2.97. The van der Waals surface area contributed by atoms with Gasteiger partial charge in [-0.25, -0.2) is 4.79 Å². The highest BCUT2D eigenvalue weighted by Gasteiger charge is 2.17. The van der Waals surface area contributed by atoms with Crippen LogP contribution in [0.3, 0.4) is 0 Å². The number of hydrogen-bond acceptors (Lipinski definition) is 5. The van der Waals surface area contributed by atoms with E-state index in [1.165, 1.54) is 30.8 Å². The number of Topliss-reactive ketones (excluding diaryl/α,β-unsaturated/α-hetero) is 1. The molecule has 0 aliphatic heterocycles. The predicted molar refractivity (Wildman–Crippen MR) is 128 cm³/mol. The summed E-state index contributed by atoms with van der Waals surface area (Å²) >= 11 is 1.35. The molecular formula is C25H22N2O5S. The van der Waals surface area contributed by atoms with E-state index in [1.807, 2.05) is 0 Å². The van der Waals surface area contributed by atoms with Crippen LogP contribution in [0.2, 0.25) is 0 Å². The summed E-state index contributed by atoms with van der Waals surface area (Å²) < 4.78 is 0. The minimum absolute atomic E-state index is 0.0393. The van der Waals surface area contributed by atoms with Gasteiger partial charge in [-0.1, -0.05) is 12.1 Å². The van der Waals surface area contributed by atoms with Gasteiger partial charge in [0.15, 0.2) is 5.78 Å². The third-order valence-electron chi connectivity index (χ3n) is 4.76. The van der Waals surface area contributed by atoms with Crippen molar-refractivity contribution in [3.05, 3.63) is 89.5 Å². The molecule has 0 aliphatic rings. The molecule has 7 nitrogen and oxygen atoms in total. The first kappa shape index (κ1) is 23.7. The van der Waals surface area contributed by atoms with Gasteiger partial charge in [0, 0.05) is 21.8 Å². The van der Waals surface area contributed by atoms with Crippen molar-refractivity contribution in [1.82, 2.24) is 0 Å². The number of thioether (sulfide) groups is 1. The van der Waals surface area contributed by atoms with Gasteiger partial charge in [0.2, 0.25) is 5.91 Å². The number of amides is 2. The van der Waals surface area contributed by atoms with Crippen molar-refractivity contribution in [2.24, 2.45) is 0 Å². The summed E-state index contributed by atoms with van der Waals surface area (Å²) in [5.41, 5.74) is 1.70. The van der Waals surface area contributed by atoms with Crippen LogP contribution in [-0.2, 0) is 4.79 Å². The molecule has 3 N–H and O–H groups in total. The van der Waals surface area contributed by atoms with Crippen LogP contribution in [-0.4, -0.2) is 33.9 Å². The van der Waals surface area contributed by atoms with Crippen LogP contribution in [0.4, 0.5) is 11.4 Å². The number of benzene rings is 3. The fraction of sp³-hybridized carbons (Fsp3) is 0.120. The second-order valence-corrected chi connectivity index (χ2v) is 8.63. The Morgan fingerprint density at radius 3 is 1.91 bits per heavy atom. The summed E-state index contributed by atoms with van der Waals surface area (Å²) in [6, 6.07) is 19.6. The SMILES string of the molecule is CC(=O)c1ccc(NC(=O)C(C)Sc2ccc(NC(=O)c3ccccc3C(=O)O)cc2)cc1. The van der Waals surface area contributed by atoms with E-state index in [9.17, 15) is 24.3 Å². The third kappa shape index (κ3) is 6.30. The molecule has 0 fully saturated rings. The highest BCUT2D eigenvalue weighted by Crippen LogP contribution is 2.26. The Balaban J connectivity index is 1.58. The van der Waals surface area contributed by atoms with Gasteiger partial charge >= 0.3 is 5.97 Å². The van der Waals surface area contributed by atoms with Crippen molar-refractivity contribution >= 4 is 46.7 Å². The standard InChI is InChI=1S/C25H22N2O5S/c1-15(28)17-7-9-18(10-8-17)26-23(29)16(2)33-20-13-11-19(12-14-20)27-24(30)21-5-3-4-6-22(21)25(31)32/h3-14,16H,1-2H3,(H,26,29)(H,27,30)(H,31,32). The summed E-state index contributed by atoms with van der Waals surface area (Å²) in [7, 11) is 0. The van der Waals surface area contributed by atoms with Gasteiger partial charge in [0.25, 0.3) is 5.91 Å². The zero-order valence-corrected chi connectivity index (χ0v) is 18.8. The lowest BCUT2D eigenvalue weighted by Crippen LogP contribution is -2.22. The summed E-state index contributed by atoms with van der Waals surface area (Å²) in [6.07, 6.45) is 0. The third-order valence-corrected chi connectivity index (χ3v) is 5.87. The van der Waals surface area contributed by atoms with Crippen molar-refractivity contribution < 1.29 is 24.3 Å². The van der Waals surface area contributed by atoms with Gasteiger partial charge in [-0.05, 0) is 74.5 Å². The van der Waals surface area contributed by atoms with Gasteiger partial charge in [-0.15, -0.1) is 11.8 Å². The second-order valence-electron chi connectivity index (χ2n) is 7.21. The number of aromatic carboxylic acids is 1. The number of hydrogen-bond donors (Lipinski definition) is 3. The minimum atomic E-state index is -1.17. The van der Waals surface area contributed by atoms with Gasteiger partial charge in [0.05, 0.1) is 16.4 Å². The van der Waals surface area contributed by atoms with E-state index in [-0.39, 0.29) is 28.1 Å². The second kappa shape index (κ2) is 10.6. The molecule has 1 atom stereocenters. The summed E-state index contributed by atoms with van der Waals surface area (Å²) in [6.45, 7) is 3.26. The van der Waals surface area contributed by atoms with Crippen molar-refractivity contribution in [3.8, 4) is 0 Å². The van der Waals surface area contributed by atoms with Crippen LogP contribution in [0.5, 0.6) is 0 Å². The van der Waals surface area contributed by atoms with Crippen molar-refractivity contribution in [1.29, 1.82) is 0 Å². The lowest BCUT2D eigenvalue weighted by molar-refractivity contribution is -0.115. The van der Waals surface area contributed by atoms with Crippen LogP contribution >= 0.6 is 11.8 Å². The molecule has 0 heterocycles. The predicted octanol–water partition coefficient (Wildman–Crippen LogP) is 4.96. The van der Waals surface area contributed by atoms with Crippen molar-refractivity contribution in [2.75, 3.05) is 10.6 Å². The topological polar surface area (TPSA) is 113 Å². The molecule has 2 amide bonds. The zero-order valence-electron chi connectivity index (χ0n) is 18.0. The van der Waals surface area contributed by atoms with E-state index in [1.54, 1.807) is 67.6 Å². The molecule has 168 valence electrons. The van der Waals surface area contributed by atoms with E-state index in [0.29, 0.717) is 16.9 Å². The van der Waals surface area contributed by atoms with Crippen molar-refractivity contribution in [2.45, 2.75) is 24.0 Å². The molecule has 1 unspecified atom stereocenters. The molecule has 0 saturated heterocycles. The number of carboxylic acids is 1. The molecule has 3 aromatic rings. The Labute approximate surface area is 195 Å². The molecule has 0 saturated carbocycles. The van der Waals surface area contributed by atoms with Gasteiger partial charge in [-0.2, -0.15) is 0 Å². The molecule has 0 aliphatic carbocycles. The molecule has 33 heavy (non-hydrogen) atoms. The number of nitrogens with one attached hydrogen (secondary N) is 2. The molecule has 0 aromatic heterocycles. The maximum atomic E-state index is 12.5. The van der Waals surface area contributed by atoms with Crippen LogP contribution in [0.1, 0.15) is 44.9 Å². The number of rotatable bonds is 8. The minimum Gasteiger partial charge on any atom is -0.478 e. The number of ketones is 1. The average Bonchev–Trinajstić information content (AvgIpc) is 2.80. The molecule has 0 radical (unpaired) electrons. The zero-order chi connectivity index (χ0) is 24.0. The normalized spacial score (nSPS) is 11.3. The molecule has 0 bridgehead atoms. The Kier molecular flexibility index (Phi) is 7.63. The monoisotopic (exact) mass is 462 g/mol. The Hall–Kier alpha value is -3.91.